The van der Waals surface area contributed by atoms with Crippen LogP contribution >= 0.6 is 0 Å². The molecular formula is C17H20N2O3. The van der Waals surface area contributed by atoms with Crippen LogP contribution in [0.4, 0.5) is 0 Å². The minimum atomic E-state index is -1.41. The maximum Gasteiger partial charge on any atom is 0.395 e. The van der Waals surface area contributed by atoms with Gasteiger partial charge in [0.25, 0.3) is 0 Å². The van der Waals surface area contributed by atoms with Crippen LogP contribution in [0.1, 0.15) is 35.8 Å². The number of carbonyl (C=O) groups is 2. The number of aliphatic carboxylic acids is 1. The zero-order valence-electron chi connectivity index (χ0n) is 12.7. The van der Waals surface area contributed by atoms with Crippen LogP contribution in [-0.2, 0) is 17.8 Å². The van der Waals surface area contributed by atoms with Crippen LogP contribution in [0.25, 0.3) is 10.9 Å². The number of carboxylic acids is 1. The van der Waals surface area contributed by atoms with E-state index in [1.807, 2.05) is 24.3 Å². The van der Waals surface area contributed by atoms with E-state index < -0.39 is 11.9 Å². The van der Waals surface area contributed by atoms with Crippen molar-refractivity contribution in [3.8, 4) is 0 Å². The van der Waals surface area contributed by atoms with E-state index in [4.69, 9.17) is 5.11 Å². The van der Waals surface area contributed by atoms with Gasteiger partial charge in [0, 0.05) is 24.2 Å². The average Bonchev–Trinajstić information content (AvgIpc) is 2.85. The van der Waals surface area contributed by atoms with Crippen molar-refractivity contribution in [1.82, 2.24) is 9.47 Å². The molecule has 116 valence electrons. The number of nitrogens with zero attached hydrogens (tertiary/aromatic N) is 2. The predicted molar refractivity (Wildman–Crippen MR) is 84.1 cm³/mol. The van der Waals surface area contributed by atoms with Crippen molar-refractivity contribution >= 4 is 22.8 Å². The molecule has 5 heteroatoms. The molecule has 0 bridgehead atoms. The van der Waals surface area contributed by atoms with Crippen LogP contribution in [0.2, 0.25) is 0 Å². The summed E-state index contributed by atoms with van der Waals surface area (Å²) in [5.41, 5.74) is 2.67. The van der Waals surface area contributed by atoms with Gasteiger partial charge < -0.3 is 5.11 Å². The molecule has 0 aliphatic carbocycles. The molecule has 0 saturated heterocycles. The molecule has 5 nitrogen and oxygen atoms in total. The second-order valence-electron chi connectivity index (χ2n) is 5.77. The van der Waals surface area contributed by atoms with Gasteiger partial charge in [-0.05, 0) is 31.0 Å². The molecule has 0 amide bonds. The normalized spacial score (nSPS) is 15.0. The first kappa shape index (κ1) is 14.8. The highest BCUT2D eigenvalue weighted by Gasteiger charge is 2.28. The van der Waals surface area contributed by atoms with Crippen molar-refractivity contribution in [3.05, 3.63) is 35.5 Å². The fourth-order valence-electron chi connectivity index (χ4n) is 3.27. The first-order valence-corrected chi connectivity index (χ1v) is 7.74. The molecule has 1 aromatic carbocycles. The van der Waals surface area contributed by atoms with Crippen molar-refractivity contribution in [1.29, 1.82) is 0 Å². The topological polar surface area (TPSA) is 62.5 Å². The average molecular weight is 300 g/mol. The third kappa shape index (κ3) is 2.41. The summed E-state index contributed by atoms with van der Waals surface area (Å²) in [7, 11) is 0. The number of hydrogen-bond acceptors (Lipinski definition) is 3. The summed E-state index contributed by atoms with van der Waals surface area (Å²) in [5.74, 6) is -2.27. The van der Waals surface area contributed by atoms with Crippen molar-refractivity contribution in [2.75, 3.05) is 13.1 Å². The van der Waals surface area contributed by atoms with Crippen molar-refractivity contribution in [3.63, 3.8) is 0 Å². The van der Waals surface area contributed by atoms with Crippen molar-refractivity contribution in [2.24, 2.45) is 0 Å². The van der Waals surface area contributed by atoms with Gasteiger partial charge in [-0.2, -0.15) is 0 Å². The number of hydrogen-bond donors (Lipinski definition) is 1. The molecule has 1 N–H and O–H groups in total. The molecular weight excluding hydrogens is 280 g/mol. The molecule has 3 rings (SSSR count). The van der Waals surface area contributed by atoms with E-state index in [0.29, 0.717) is 12.1 Å². The molecule has 0 unspecified atom stereocenters. The Morgan fingerprint density at radius 3 is 2.77 bits per heavy atom. The number of rotatable bonds is 3. The number of unbranched alkanes of at least 4 members (excludes halogenated alkanes) is 1. The lowest BCUT2D eigenvalue weighted by atomic mass is 10.0. The molecule has 0 fully saturated rings. The maximum absolute atomic E-state index is 12.2. The summed E-state index contributed by atoms with van der Waals surface area (Å²) in [5, 5.41) is 10.1. The Hall–Kier alpha value is -2.14. The number of fused-ring (bicyclic) bond motifs is 3. The molecule has 22 heavy (non-hydrogen) atoms. The number of para-hydroxylation sites is 1. The van der Waals surface area contributed by atoms with Crippen molar-refractivity contribution in [2.45, 2.75) is 32.7 Å². The van der Waals surface area contributed by atoms with Crippen LogP contribution in [0.5, 0.6) is 0 Å². The second kappa shape index (κ2) is 5.93. The minimum absolute atomic E-state index is 0.642. The monoisotopic (exact) mass is 300 g/mol. The Morgan fingerprint density at radius 2 is 2.05 bits per heavy atom. The van der Waals surface area contributed by atoms with E-state index in [2.05, 4.69) is 11.8 Å². The zero-order chi connectivity index (χ0) is 15.7. The number of benzene rings is 1. The Kier molecular flexibility index (Phi) is 3.98. The lowest BCUT2D eigenvalue weighted by Gasteiger charge is -2.27. The van der Waals surface area contributed by atoms with Gasteiger partial charge in [-0.1, -0.05) is 31.5 Å². The summed E-state index contributed by atoms with van der Waals surface area (Å²) in [6, 6.07) is 7.57. The second-order valence-corrected chi connectivity index (χ2v) is 5.77. The highest BCUT2D eigenvalue weighted by molar-refractivity contribution is 6.34. The van der Waals surface area contributed by atoms with E-state index >= 15 is 0 Å². The van der Waals surface area contributed by atoms with Gasteiger partial charge in [-0.15, -0.1) is 0 Å². The van der Waals surface area contributed by atoms with Gasteiger partial charge in [-0.3, -0.25) is 14.3 Å². The fraction of sp³-hybridized carbons (Fsp3) is 0.412. The molecule has 2 aromatic rings. The predicted octanol–water partition coefficient (Wildman–Crippen LogP) is 2.52. The zero-order valence-corrected chi connectivity index (χ0v) is 12.7. The van der Waals surface area contributed by atoms with Gasteiger partial charge in [0.2, 0.25) is 0 Å². The lowest BCUT2D eigenvalue weighted by Crippen LogP contribution is -2.34. The van der Waals surface area contributed by atoms with Gasteiger partial charge >= 0.3 is 11.9 Å². The third-order valence-corrected chi connectivity index (χ3v) is 4.35. The minimum Gasteiger partial charge on any atom is -0.474 e. The largest absolute Gasteiger partial charge is 0.474 e. The molecule has 0 spiro atoms. The van der Waals surface area contributed by atoms with Crippen LogP contribution in [0.15, 0.2) is 24.3 Å². The van der Waals surface area contributed by atoms with E-state index in [0.717, 1.165) is 49.0 Å². The number of carboxylic acid groups (broad SMARTS) is 1. The third-order valence-electron chi connectivity index (χ3n) is 4.35. The van der Waals surface area contributed by atoms with Crippen LogP contribution in [0.3, 0.4) is 0 Å². The first-order chi connectivity index (χ1) is 10.6. The standard InChI is InChI=1S/C17H20N2O3/c1-2-3-9-18-10-8-13-12-6-4-5-7-14(12)19(15(13)11-18)16(20)17(21)22/h4-7H,2-3,8-11H2,1H3,(H,21,22). The number of aromatic nitrogens is 1. The summed E-state index contributed by atoms with van der Waals surface area (Å²) < 4.78 is 1.39. The van der Waals surface area contributed by atoms with Crippen LogP contribution in [-0.4, -0.2) is 39.5 Å². The van der Waals surface area contributed by atoms with Gasteiger partial charge in [0.05, 0.1) is 5.52 Å². The molecule has 0 radical (unpaired) electrons. The van der Waals surface area contributed by atoms with E-state index in [1.54, 1.807) is 0 Å². The van der Waals surface area contributed by atoms with Gasteiger partial charge in [0.15, 0.2) is 0 Å². The Morgan fingerprint density at radius 1 is 1.27 bits per heavy atom. The highest BCUT2D eigenvalue weighted by atomic mass is 16.4. The molecule has 0 saturated carbocycles. The number of carbonyl (C=O) groups excluding carboxylic acids is 1. The van der Waals surface area contributed by atoms with Gasteiger partial charge in [-0.25, -0.2) is 4.79 Å². The van der Waals surface area contributed by atoms with Crippen LogP contribution in [0, 0.1) is 0 Å². The van der Waals surface area contributed by atoms with E-state index in [1.165, 1.54) is 4.57 Å². The summed E-state index contributed by atoms with van der Waals surface area (Å²) in [4.78, 5) is 25.7. The van der Waals surface area contributed by atoms with Gasteiger partial charge in [0.1, 0.15) is 0 Å². The summed E-state index contributed by atoms with van der Waals surface area (Å²) >= 11 is 0. The fourth-order valence-corrected chi connectivity index (χ4v) is 3.27. The smallest absolute Gasteiger partial charge is 0.395 e. The molecule has 2 heterocycles. The highest BCUT2D eigenvalue weighted by Crippen LogP contribution is 2.30. The molecule has 1 aliphatic rings. The Balaban J connectivity index is 2.09. The molecule has 1 aromatic heterocycles. The lowest BCUT2D eigenvalue weighted by molar-refractivity contribution is -0.132. The SMILES string of the molecule is CCCCN1CCc2c(n(C(=O)C(=O)O)c3ccccc23)C1. The Bertz CT molecular complexity index is 733. The van der Waals surface area contributed by atoms with E-state index in [9.17, 15) is 9.59 Å². The molecule has 1 aliphatic heterocycles. The van der Waals surface area contributed by atoms with Crippen LogP contribution < -0.4 is 0 Å². The maximum atomic E-state index is 12.2. The molecule has 0 atom stereocenters. The quantitative estimate of drug-likeness (QED) is 0.885. The van der Waals surface area contributed by atoms with E-state index in [-0.39, 0.29) is 0 Å². The summed E-state index contributed by atoms with van der Waals surface area (Å²) in [6.07, 6.45) is 3.10. The van der Waals surface area contributed by atoms with Crippen molar-refractivity contribution < 1.29 is 14.7 Å². The summed E-state index contributed by atoms with van der Waals surface area (Å²) in [6.45, 7) is 4.74. The first-order valence-electron chi connectivity index (χ1n) is 7.74. The Labute approximate surface area is 129 Å².